The molecular weight excluding hydrogens is 348 g/mol. The first kappa shape index (κ1) is 20.1. The number of carbonyl (C=O) groups excluding carboxylic acids is 2. The van der Waals surface area contributed by atoms with Gasteiger partial charge in [-0.2, -0.15) is 0 Å². The molecule has 7 heteroatoms. The number of carbonyl (C=O) groups is 2. The van der Waals surface area contributed by atoms with Crippen molar-refractivity contribution in [3.8, 4) is 11.3 Å². The van der Waals surface area contributed by atoms with Gasteiger partial charge >= 0.3 is 0 Å². The second-order valence-corrected chi connectivity index (χ2v) is 7.75. The van der Waals surface area contributed by atoms with E-state index in [-0.39, 0.29) is 24.3 Å². The fourth-order valence-corrected chi connectivity index (χ4v) is 3.34. The van der Waals surface area contributed by atoms with Crippen molar-refractivity contribution in [2.24, 2.45) is 11.7 Å². The van der Waals surface area contributed by atoms with E-state index in [2.05, 4.69) is 22.5 Å². The van der Waals surface area contributed by atoms with Gasteiger partial charge in [-0.15, -0.1) is 11.3 Å². The highest BCUT2D eigenvalue weighted by Gasteiger charge is 2.17. The summed E-state index contributed by atoms with van der Waals surface area (Å²) in [6.45, 7) is 6.20. The molecule has 26 heavy (non-hydrogen) atoms. The molecule has 0 saturated carbocycles. The van der Waals surface area contributed by atoms with Crippen molar-refractivity contribution >= 4 is 23.2 Å². The van der Waals surface area contributed by atoms with E-state index in [1.54, 1.807) is 11.3 Å². The molecule has 140 valence electrons. The Hall–Kier alpha value is -2.25. The molecule has 1 heterocycles. The molecule has 1 atom stereocenters. The third-order valence-corrected chi connectivity index (χ3v) is 5.02. The van der Waals surface area contributed by atoms with Crippen molar-refractivity contribution in [3.05, 3.63) is 40.2 Å². The summed E-state index contributed by atoms with van der Waals surface area (Å²) in [5, 5.41) is 6.33. The summed E-state index contributed by atoms with van der Waals surface area (Å²) in [4.78, 5) is 29.4. The van der Waals surface area contributed by atoms with Crippen molar-refractivity contribution < 1.29 is 9.59 Å². The van der Waals surface area contributed by atoms with Crippen LogP contribution in [0.2, 0.25) is 0 Å². The van der Waals surface area contributed by atoms with Crippen molar-refractivity contribution in [1.29, 1.82) is 0 Å². The highest BCUT2D eigenvalue weighted by Crippen LogP contribution is 2.27. The maximum atomic E-state index is 11.8. The van der Waals surface area contributed by atoms with Crippen molar-refractivity contribution in [2.45, 2.75) is 33.2 Å². The SMILES string of the molecule is Cc1sc(CCNC(=O)CNC(=O)[C@@H](N)C(C)C)nc1-c1ccccc1. The summed E-state index contributed by atoms with van der Waals surface area (Å²) in [6, 6.07) is 9.45. The summed E-state index contributed by atoms with van der Waals surface area (Å²) in [7, 11) is 0. The second kappa shape index (κ2) is 9.45. The normalized spacial score (nSPS) is 12.0. The zero-order valence-electron chi connectivity index (χ0n) is 15.4. The van der Waals surface area contributed by atoms with Crippen LogP contribution in [-0.4, -0.2) is 35.9 Å². The Morgan fingerprint density at radius 3 is 2.54 bits per heavy atom. The number of thiazole rings is 1. The van der Waals surface area contributed by atoms with Crippen LogP contribution in [-0.2, 0) is 16.0 Å². The lowest BCUT2D eigenvalue weighted by atomic mass is 10.1. The van der Waals surface area contributed by atoms with E-state index >= 15 is 0 Å². The molecule has 0 fully saturated rings. The Bertz CT molecular complexity index is 743. The van der Waals surface area contributed by atoms with Gasteiger partial charge in [0.15, 0.2) is 0 Å². The molecule has 0 spiro atoms. The van der Waals surface area contributed by atoms with E-state index in [1.165, 1.54) is 0 Å². The van der Waals surface area contributed by atoms with Crippen LogP contribution in [0.15, 0.2) is 30.3 Å². The molecule has 0 radical (unpaired) electrons. The maximum Gasteiger partial charge on any atom is 0.239 e. The number of nitrogens with zero attached hydrogens (tertiary/aromatic N) is 1. The fraction of sp³-hybridized carbons (Fsp3) is 0.421. The van der Waals surface area contributed by atoms with Gasteiger partial charge in [0.05, 0.1) is 23.3 Å². The van der Waals surface area contributed by atoms with Crippen LogP contribution in [0.3, 0.4) is 0 Å². The number of rotatable bonds is 8. The zero-order chi connectivity index (χ0) is 19.1. The molecule has 2 aromatic rings. The van der Waals surface area contributed by atoms with Crippen molar-refractivity contribution in [3.63, 3.8) is 0 Å². The van der Waals surface area contributed by atoms with Crippen LogP contribution < -0.4 is 16.4 Å². The number of amides is 2. The Morgan fingerprint density at radius 1 is 1.19 bits per heavy atom. The second-order valence-electron chi connectivity index (χ2n) is 6.47. The van der Waals surface area contributed by atoms with Gasteiger partial charge in [-0.3, -0.25) is 9.59 Å². The number of nitrogens with two attached hydrogens (primary N) is 1. The van der Waals surface area contributed by atoms with Gasteiger partial charge in [-0.05, 0) is 12.8 Å². The van der Waals surface area contributed by atoms with E-state index in [9.17, 15) is 9.59 Å². The fourth-order valence-electron chi connectivity index (χ4n) is 2.38. The Balaban J connectivity index is 1.78. The van der Waals surface area contributed by atoms with E-state index in [0.717, 1.165) is 21.1 Å². The average Bonchev–Trinajstić information content (AvgIpc) is 3.00. The minimum Gasteiger partial charge on any atom is -0.354 e. The van der Waals surface area contributed by atoms with Crippen LogP contribution in [0.1, 0.15) is 23.7 Å². The molecule has 0 aliphatic rings. The van der Waals surface area contributed by atoms with E-state index in [0.29, 0.717) is 13.0 Å². The Morgan fingerprint density at radius 2 is 1.88 bits per heavy atom. The molecule has 1 aromatic heterocycles. The highest BCUT2D eigenvalue weighted by atomic mass is 32.1. The molecule has 6 nitrogen and oxygen atoms in total. The molecule has 0 aliphatic carbocycles. The van der Waals surface area contributed by atoms with Gasteiger partial charge in [0.1, 0.15) is 0 Å². The predicted molar refractivity (Wildman–Crippen MR) is 105 cm³/mol. The van der Waals surface area contributed by atoms with Crippen molar-refractivity contribution in [2.75, 3.05) is 13.1 Å². The molecule has 2 rings (SSSR count). The summed E-state index contributed by atoms with van der Waals surface area (Å²) in [5.74, 6) is -0.505. The lowest BCUT2D eigenvalue weighted by molar-refractivity contribution is -0.127. The topological polar surface area (TPSA) is 97.1 Å². The third-order valence-electron chi connectivity index (χ3n) is 3.99. The first-order valence-electron chi connectivity index (χ1n) is 8.70. The quantitative estimate of drug-likeness (QED) is 0.657. The molecule has 0 bridgehead atoms. The van der Waals surface area contributed by atoms with Crippen LogP contribution in [0.25, 0.3) is 11.3 Å². The van der Waals surface area contributed by atoms with Crippen LogP contribution in [0.4, 0.5) is 0 Å². The third kappa shape index (κ3) is 5.64. The van der Waals surface area contributed by atoms with Gasteiger partial charge in [0.25, 0.3) is 0 Å². The molecule has 0 unspecified atom stereocenters. The Labute approximate surface area is 158 Å². The Kier molecular flexibility index (Phi) is 7.29. The molecule has 4 N–H and O–H groups in total. The van der Waals surface area contributed by atoms with E-state index in [1.807, 2.05) is 44.2 Å². The number of hydrogen-bond donors (Lipinski definition) is 3. The molecule has 2 amide bonds. The minimum atomic E-state index is -0.600. The van der Waals surface area contributed by atoms with Gasteiger partial charge < -0.3 is 16.4 Å². The molecule has 1 aromatic carbocycles. The maximum absolute atomic E-state index is 11.8. The number of aromatic nitrogens is 1. The number of aryl methyl sites for hydroxylation is 1. The molecule has 0 aliphatic heterocycles. The average molecular weight is 375 g/mol. The summed E-state index contributed by atoms with van der Waals surface area (Å²) >= 11 is 1.64. The van der Waals surface area contributed by atoms with Crippen LogP contribution in [0, 0.1) is 12.8 Å². The monoisotopic (exact) mass is 374 g/mol. The lowest BCUT2D eigenvalue weighted by Crippen LogP contribution is -2.47. The van der Waals surface area contributed by atoms with Crippen molar-refractivity contribution in [1.82, 2.24) is 15.6 Å². The first-order chi connectivity index (χ1) is 12.4. The number of nitrogens with one attached hydrogen (secondary N) is 2. The van der Waals surface area contributed by atoms with E-state index in [4.69, 9.17) is 5.73 Å². The summed E-state index contributed by atoms with van der Waals surface area (Å²) < 4.78 is 0. The van der Waals surface area contributed by atoms with Gasteiger partial charge in [-0.25, -0.2) is 4.98 Å². The largest absolute Gasteiger partial charge is 0.354 e. The van der Waals surface area contributed by atoms with Gasteiger partial charge in [0.2, 0.25) is 11.8 Å². The van der Waals surface area contributed by atoms with Gasteiger partial charge in [-0.1, -0.05) is 44.2 Å². The lowest BCUT2D eigenvalue weighted by Gasteiger charge is -2.15. The van der Waals surface area contributed by atoms with Crippen LogP contribution in [0.5, 0.6) is 0 Å². The molecular formula is C19H26N4O2S. The predicted octanol–water partition coefficient (Wildman–Crippen LogP) is 1.88. The number of hydrogen-bond acceptors (Lipinski definition) is 5. The van der Waals surface area contributed by atoms with Gasteiger partial charge in [0, 0.05) is 23.4 Å². The zero-order valence-corrected chi connectivity index (χ0v) is 16.2. The number of benzene rings is 1. The highest BCUT2D eigenvalue weighted by molar-refractivity contribution is 7.12. The van der Waals surface area contributed by atoms with E-state index < -0.39 is 6.04 Å². The molecule has 0 saturated heterocycles. The van der Waals surface area contributed by atoms with Crippen LogP contribution >= 0.6 is 11.3 Å². The standard InChI is InChI=1S/C19H26N4O2S/c1-12(2)17(20)19(25)22-11-15(24)21-10-9-16-23-18(13(3)26-16)14-7-5-4-6-8-14/h4-8,12,17H,9-11,20H2,1-3H3,(H,21,24)(H,22,25)/t17-/m0/s1. The summed E-state index contributed by atoms with van der Waals surface area (Å²) in [5.41, 5.74) is 7.83. The smallest absolute Gasteiger partial charge is 0.239 e. The summed E-state index contributed by atoms with van der Waals surface area (Å²) in [6.07, 6.45) is 0.656. The minimum absolute atomic E-state index is 0.0324. The first-order valence-corrected chi connectivity index (χ1v) is 9.52.